The molecule has 1 heterocycles. The third-order valence-corrected chi connectivity index (χ3v) is 3.97. The van der Waals surface area contributed by atoms with E-state index in [1.807, 2.05) is 0 Å². The molecule has 0 aliphatic rings. The Morgan fingerprint density at radius 2 is 2.12 bits per heavy atom. The molecule has 0 unspecified atom stereocenters. The summed E-state index contributed by atoms with van der Waals surface area (Å²) in [7, 11) is 0. The molecule has 17 heavy (non-hydrogen) atoms. The smallest absolute Gasteiger partial charge is 0.188 e. The predicted octanol–water partition coefficient (Wildman–Crippen LogP) is 4.13. The zero-order chi connectivity index (χ0) is 12.4. The summed E-state index contributed by atoms with van der Waals surface area (Å²) in [5.74, 6) is 0.183. The summed E-state index contributed by atoms with van der Waals surface area (Å²) in [6, 6.07) is 6.72. The quantitative estimate of drug-likeness (QED) is 0.863. The predicted molar refractivity (Wildman–Crippen MR) is 69.1 cm³/mol. The molecule has 2 aromatic rings. The number of carbonyl (C=O) groups is 1. The largest absolute Gasteiger partial charge is 0.444 e. The normalized spacial score (nSPS) is 10.5. The van der Waals surface area contributed by atoms with E-state index in [-0.39, 0.29) is 5.76 Å². The topological polar surface area (TPSA) is 56.2 Å². The Bertz CT molecular complexity index is 569. The molecule has 0 saturated heterocycles. The standard InChI is InChI=1S/C11H7Cl2NO2S/c12-7-2-1-3-9(10(7)13)17-11-8(14)4-6(5-15)16-11/h1-5H,14H2. The molecule has 2 rings (SSSR count). The molecule has 6 heteroatoms. The van der Waals surface area contributed by atoms with E-state index < -0.39 is 0 Å². The number of nitrogen functional groups attached to an aromatic ring is 1. The lowest BCUT2D eigenvalue weighted by Gasteiger charge is -2.03. The third-order valence-electron chi connectivity index (χ3n) is 1.98. The van der Waals surface area contributed by atoms with Crippen LogP contribution >= 0.6 is 35.0 Å². The van der Waals surface area contributed by atoms with Gasteiger partial charge in [0.25, 0.3) is 0 Å². The molecule has 1 aromatic carbocycles. The molecule has 0 atom stereocenters. The minimum atomic E-state index is 0.183. The zero-order valence-electron chi connectivity index (χ0n) is 8.44. The number of aldehydes is 1. The summed E-state index contributed by atoms with van der Waals surface area (Å²) in [5, 5.41) is 1.32. The maximum atomic E-state index is 10.5. The highest BCUT2D eigenvalue weighted by atomic mass is 35.5. The van der Waals surface area contributed by atoms with Crippen LogP contribution in [-0.4, -0.2) is 6.29 Å². The van der Waals surface area contributed by atoms with Gasteiger partial charge in [-0.3, -0.25) is 4.79 Å². The molecule has 0 amide bonds. The second kappa shape index (κ2) is 5.04. The van der Waals surface area contributed by atoms with Crippen LogP contribution in [0.15, 0.2) is 38.7 Å². The summed E-state index contributed by atoms with van der Waals surface area (Å²) < 4.78 is 5.23. The van der Waals surface area contributed by atoms with Gasteiger partial charge in [0, 0.05) is 11.0 Å². The van der Waals surface area contributed by atoms with Crippen molar-refractivity contribution in [2.24, 2.45) is 0 Å². The summed E-state index contributed by atoms with van der Waals surface area (Å²) in [4.78, 5) is 11.3. The van der Waals surface area contributed by atoms with Gasteiger partial charge in [0.2, 0.25) is 0 Å². The first-order chi connectivity index (χ1) is 8.11. The van der Waals surface area contributed by atoms with Crippen LogP contribution in [-0.2, 0) is 0 Å². The summed E-state index contributed by atoms with van der Waals surface area (Å²) in [5.41, 5.74) is 6.10. The van der Waals surface area contributed by atoms with E-state index in [1.54, 1.807) is 18.2 Å². The Kier molecular flexibility index (Phi) is 3.66. The number of nitrogens with two attached hydrogens (primary N) is 1. The fraction of sp³-hybridized carbons (Fsp3) is 0. The highest BCUT2D eigenvalue weighted by Crippen LogP contribution is 2.40. The highest BCUT2D eigenvalue weighted by Gasteiger charge is 2.12. The number of furan rings is 1. The van der Waals surface area contributed by atoms with Crippen molar-refractivity contribution in [3.63, 3.8) is 0 Å². The second-order valence-corrected chi connectivity index (χ2v) is 4.96. The number of carbonyl (C=O) groups excluding carboxylic acids is 1. The lowest BCUT2D eigenvalue weighted by molar-refractivity contribution is 0.109. The maximum absolute atomic E-state index is 10.5. The average Bonchev–Trinajstić information content (AvgIpc) is 2.66. The Morgan fingerprint density at radius 1 is 1.35 bits per heavy atom. The molecule has 0 aliphatic carbocycles. The summed E-state index contributed by atoms with van der Waals surface area (Å²) in [6.45, 7) is 0. The fourth-order valence-electron chi connectivity index (χ4n) is 1.21. The van der Waals surface area contributed by atoms with E-state index in [1.165, 1.54) is 17.8 Å². The van der Waals surface area contributed by atoms with Crippen LogP contribution in [0.4, 0.5) is 5.69 Å². The lowest BCUT2D eigenvalue weighted by atomic mass is 10.4. The van der Waals surface area contributed by atoms with E-state index in [0.717, 1.165) is 4.90 Å². The molecule has 0 bridgehead atoms. The summed E-state index contributed by atoms with van der Waals surface area (Å²) in [6.07, 6.45) is 0.597. The van der Waals surface area contributed by atoms with Crippen LogP contribution in [0.5, 0.6) is 0 Å². The number of halogens is 2. The SMILES string of the molecule is Nc1cc(C=O)oc1Sc1cccc(Cl)c1Cl. The van der Waals surface area contributed by atoms with E-state index in [2.05, 4.69) is 0 Å². The van der Waals surface area contributed by atoms with Crippen molar-refractivity contribution < 1.29 is 9.21 Å². The van der Waals surface area contributed by atoms with Gasteiger partial charge in [-0.05, 0) is 23.9 Å². The molecule has 88 valence electrons. The monoisotopic (exact) mass is 287 g/mol. The van der Waals surface area contributed by atoms with Gasteiger partial charge in [0.15, 0.2) is 17.1 Å². The molecular formula is C11H7Cl2NO2S. The Labute approximate surface area is 112 Å². The van der Waals surface area contributed by atoms with Gasteiger partial charge in [-0.1, -0.05) is 29.3 Å². The van der Waals surface area contributed by atoms with Crippen molar-refractivity contribution in [2.45, 2.75) is 9.99 Å². The van der Waals surface area contributed by atoms with Gasteiger partial charge in [-0.2, -0.15) is 0 Å². The van der Waals surface area contributed by atoms with Gasteiger partial charge in [0.1, 0.15) is 0 Å². The first-order valence-corrected chi connectivity index (χ1v) is 6.15. The maximum Gasteiger partial charge on any atom is 0.188 e. The molecule has 0 radical (unpaired) electrons. The van der Waals surface area contributed by atoms with Gasteiger partial charge >= 0.3 is 0 Å². The van der Waals surface area contributed by atoms with Crippen LogP contribution in [0.25, 0.3) is 0 Å². The van der Waals surface area contributed by atoms with Gasteiger partial charge in [0.05, 0.1) is 15.7 Å². The van der Waals surface area contributed by atoms with Crippen molar-refractivity contribution in [3.8, 4) is 0 Å². The Morgan fingerprint density at radius 3 is 2.76 bits per heavy atom. The zero-order valence-corrected chi connectivity index (χ0v) is 10.8. The minimum Gasteiger partial charge on any atom is -0.444 e. The van der Waals surface area contributed by atoms with Crippen LogP contribution in [0.2, 0.25) is 10.0 Å². The van der Waals surface area contributed by atoms with E-state index in [0.29, 0.717) is 27.1 Å². The van der Waals surface area contributed by atoms with Gasteiger partial charge in [-0.25, -0.2) is 0 Å². The highest BCUT2D eigenvalue weighted by molar-refractivity contribution is 7.99. The van der Waals surface area contributed by atoms with Crippen LogP contribution in [0.1, 0.15) is 10.6 Å². The number of benzene rings is 1. The summed E-state index contributed by atoms with van der Waals surface area (Å²) >= 11 is 13.1. The van der Waals surface area contributed by atoms with E-state index in [4.69, 9.17) is 33.4 Å². The van der Waals surface area contributed by atoms with Crippen molar-refractivity contribution in [3.05, 3.63) is 40.1 Å². The van der Waals surface area contributed by atoms with Crippen LogP contribution in [0.3, 0.4) is 0 Å². The van der Waals surface area contributed by atoms with Crippen molar-refractivity contribution in [1.82, 2.24) is 0 Å². The third kappa shape index (κ3) is 2.60. The molecule has 3 nitrogen and oxygen atoms in total. The molecule has 0 spiro atoms. The fourth-order valence-corrected chi connectivity index (χ4v) is 2.54. The molecule has 0 saturated carbocycles. The molecule has 0 aliphatic heterocycles. The van der Waals surface area contributed by atoms with E-state index in [9.17, 15) is 4.79 Å². The molecular weight excluding hydrogens is 281 g/mol. The Hall–Kier alpha value is -1.10. The Balaban J connectivity index is 2.34. The first kappa shape index (κ1) is 12.4. The number of rotatable bonds is 3. The number of hydrogen-bond donors (Lipinski definition) is 1. The van der Waals surface area contributed by atoms with Crippen molar-refractivity contribution in [2.75, 3.05) is 5.73 Å². The van der Waals surface area contributed by atoms with Gasteiger partial charge < -0.3 is 10.2 Å². The molecule has 0 fully saturated rings. The molecule has 1 aromatic heterocycles. The number of anilines is 1. The lowest BCUT2D eigenvalue weighted by Crippen LogP contribution is -1.83. The van der Waals surface area contributed by atoms with Crippen LogP contribution in [0, 0.1) is 0 Å². The van der Waals surface area contributed by atoms with Gasteiger partial charge in [-0.15, -0.1) is 0 Å². The average molecular weight is 288 g/mol. The van der Waals surface area contributed by atoms with Crippen LogP contribution < -0.4 is 5.73 Å². The van der Waals surface area contributed by atoms with E-state index >= 15 is 0 Å². The minimum absolute atomic E-state index is 0.183. The van der Waals surface area contributed by atoms with Crippen molar-refractivity contribution >= 4 is 46.9 Å². The number of hydrogen-bond acceptors (Lipinski definition) is 4. The van der Waals surface area contributed by atoms with Crippen molar-refractivity contribution in [1.29, 1.82) is 0 Å². The second-order valence-electron chi connectivity index (χ2n) is 3.16. The molecule has 2 N–H and O–H groups in total. The first-order valence-electron chi connectivity index (χ1n) is 4.58.